The van der Waals surface area contributed by atoms with Gasteiger partial charge < -0.3 is 74.8 Å². The Balaban J connectivity index is 3.91. The number of aliphatic hydroxyl groups is 1. The van der Waals surface area contributed by atoms with Crippen LogP contribution in [0.2, 0.25) is 0 Å². The highest BCUT2D eigenvalue weighted by atomic mass is 32.1. The molecule has 1 fully saturated rings. The van der Waals surface area contributed by atoms with Crippen molar-refractivity contribution in [3.63, 3.8) is 0 Å². The van der Waals surface area contributed by atoms with Crippen LogP contribution in [-0.2, 0) is 52.7 Å². The molecule has 11 atom stereocenters. The number of rotatable bonds is 14. The number of thiol groups is 2. The molecule has 28 heteroatoms. The lowest BCUT2D eigenvalue weighted by atomic mass is 9.96. The normalized spacial score (nSPS) is 27.1. The summed E-state index contributed by atoms with van der Waals surface area (Å²) in [5.74, 6) is -14.3. The van der Waals surface area contributed by atoms with Gasteiger partial charge in [-0.15, -0.1) is 0 Å². The second-order valence-corrected chi connectivity index (χ2v) is 16.7. The van der Waals surface area contributed by atoms with Gasteiger partial charge in [0.15, 0.2) is 0 Å². The molecule has 66 heavy (non-hydrogen) atoms. The summed E-state index contributed by atoms with van der Waals surface area (Å²) >= 11 is 8.27. The van der Waals surface area contributed by atoms with Gasteiger partial charge in [0.05, 0.1) is 18.9 Å². The molecular formula is C38H64N12O14S2. The summed E-state index contributed by atoms with van der Waals surface area (Å²) in [6.07, 6.45) is -3.76. The van der Waals surface area contributed by atoms with Gasteiger partial charge in [0.1, 0.15) is 54.4 Å². The minimum Gasteiger partial charge on any atom is -0.481 e. The van der Waals surface area contributed by atoms with Crippen LogP contribution in [0.5, 0.6) is 0 Å². The number of carbonyl (C=O) groups is 12. The summed E-state index contributed by atoms with van der Waals surface area (Å²) in [4.78, 5) is 158. The van der Waals surface area contributed by atoms with Crippen molar-refractivity contribution in [2.75, 3.05) is 18.1 Å². The third-order valence-corrected chi connectivity index (χ3v) is 10.9. The number of carboxylic acids is 1. The van der Waals surface area contributed by atoms with Crippen molar-refractivity contribution in [1.29, 1.82) is 0 Å². The van der Waals surface area contributed by atoms with Crippen molar-refractivity contribution in [2.24, 2.45) is 23.3 Å². The van der Waals surface area contributed by atoms with Gasteiger partial charge in [0, 0.05) is 18.1 Å². The number of nitrogens with two attached hydrogens (primary N) is 2. The first-order valence-electron chi connectivity index (χ1n) is 20.9. The van der Waals surface area contributed by atoms with E-state index in [0.29, 0.717) is 6.42 Å². The Bertz CT molecular complexity index is 1810. The molecule has 0 saturated carbocycles. The van der Waals surface area contributed by atoms with Crippen LogP contribution in [0.15, 0.2) is 0 Å². The van der Waals surface area contributed by atoms with E-state index in [0.717, 1.165) is 6.92 Å². The number of hydrogen-bond donors (Lipinski definition) is 16. The quantitative estimate of drug-likeness (QED) is 0.0570. The van der Waals surface area contributed by atoms with E-state index < -0.39 is 162 Å². The fraction of sp³-hybridized carbons (Fsp3) is 0.684. The van der Waals surface area contributed by atoms with Gasteiger partial charge >= 0.3 is 12.0 Å². The first-order chi connectivity index (χ1) is 30.8. The molecule has 16 N–H and O–H groups in total. The zero-order valence-corrected chi connectivity index (χ0v) is 39.2. The van der Waals surface area contributed by atoms with Crippen LogP contribution in [0.4, 0.5) is 4.79 Å². The van der Waals surface area contributed by atoms with E-state index in [9.17, 15) is 67.7 Å². The van der Waals surface area contributed by atoms with Gasteiger partial charge in [-0.25, -0.2) is 4.79 Å². The Morgan fingerprint density at radius 3 is 1.45 bits per heavy atom. The van der Waals surface area contributed by atoms with Crippen LogP contribution < -0.4 is 64.6 Å². The monoisotopic (exact) mass is 976 g/mol. The van der Waals surface area contributed by atoms with Crippen molar-refractivity contribution in [1.82, 2.24) is 53.2 Å². The van der Waals surface area contributed by atoms with Crippen molar-refractivity contribution >= 4 is 96.3 Å². The molecular weight excluding hydrogens is 913 g/mol. The predicted octanol–water partition coefficient (Wildman–Crippen LogP) is -5.88. The molecule has 1 aliphatic rings. The SMILES string of the molecule is CC[C@H](C)[C@@H]1NC(=O)[C@H](CS)NC(=O)[C@H](CS)NC(=O)[C@H](CC(N)=O)NC(=O)[C@H](CC(=O)O)NC(=O)[C@H](CCCNC(N)=O)NC(=O)[C@H]([C@@H](C)O)NC(=O)[C@H](C)NC(=O)[C@H](C(C)C)NC1=O. The first kappa shape index (κ1) is 58.1. The molecule has 26 nitrogen and oxygen atoms in total. The topological polar surface area (TPSA) is 418 Å². The number of nitrogens with one attached hydrogen (secondary N) is 10. The van der Waals surface area contributed by atoms with Crippen molar-refractivity contribution < 1.29 is 67.7 Å². The van der Waals surface area contributed by atoms with E-state index in [1.165, 1.54) is 6.92 Å². The fourth-order valence-corrected chi connectivity index (χ4v) is 6.62. The number of carbonyl (C=O) groups excluding carboxylic acids is 11. The number of primary amides is 2. The third kappa shape index (κ3) is 19.3. The third-order valence-electron chi connectivity index (χ3n) is 10.1. The van der Waals surface area contributed by atoms with Crippen LogP contribution in [0.3, 0.4) is 0 Å². The zero-order valence-electron chi connectivity index (χ0n) is 37.4. The van der Waals surface area contributed by atoms with Gasteiger partial charge in [0.2, 0.25) is 59.1 Å². The minimum absolute atomic E-state index is 0.0722. The van der Waals surface area contributed by atoms with Gasteiger partial charge in [-0.3, -0.25) is 52.7 Å². The molecule has 0 unspecified atom stereocenters. The molecule has 0 bridgehead atoms. The number of amides is 12. The summed E-state index contributed by atoms with van der Waals surface area (Å²) in [5, 5.41) is 43.6. The number of aliphatic hydroxyl groups excluding tert-OH is 1. The van der Waals surface area contributed by atoms with Crippen molar-refractivity contribution in [2.45, 2.75) is 134 Å². The molecule has 0 aromatic heterocycles. The second kappa shape index (κ2) is 28.2. The molecule has 372 valence electrons. The summed E-state index contributed by atoms with van der Waals surface area (Å²) in [6.45, 7) is 8.75. The second-order valence-electron chi connectivity index (χ2n) is 15.9. The first-order valence-corrected chi connectivity index (χ1v) is 22.2. The van der Waals surface area contributed by atoms with Crippen LogP contribution >= 0.6 is 25.3 Å². The maximum absolute atomic E-state index is 13.8. The zero-order chi connectivity index (χ0) is 50.6. The molecule has 0 aliphatic carbocycles. The van der Waals surface area contributed by atoms with Crippen LogP contribution in [0, 0.1) is 11.8 Å². The molecule has 0 radical (unpaired) electrons. The predicted molar refractivity (Wildman–Crippen MR) is 240 cm³/mol. The molecule has 0 aromatic carbocycles. The number of carboxylic acid groups (broad SMARTS) is 1. The molecule has 1 heterocycles. The Morgan fingerprint density at radius 1 is 0.591 bits per heavy atom. The van der Waals surface area contributed by atoms with E-state index in [1.807, 2.05) is 0 Å². The van der Waals surface area contributed by atoms with Crippen molar-refractivity contribution in [3.05, 3.63) is 0 Å². The summed E-state index contributed by atoms with van der Waals surface area (Å²) in [7, 11) is 0. The van der Waals surface area contributed by atoms with Gasteiger partial charge in [-0.05, 0) is 38.5 Å². The highest BCUT2D eigenvalue weighted by Gasteiger charge is 2.38. The highest BCUT2D eigenvalue weighted by molar-refractivity contribution is 7.80. The molecule has 1 aliphatic heterocycles. The number of aliphatic carboxylic acids is 1. The Kier molecular flexibility index (Phi) is 24.8. The lowest BCUT2D eigenvalue weighted by molar-refractivity contribution is -0.142. The van der Waals surface area contributed by atoms with Gasteiger partial charge in [-0.1, -0.05) is 34.1 Å². The van der Waals surface area contributed by atoms with E-state index in [2.05, 4.69) is 78.4 Å². The summed E-state index contributed by atoms with van der Waals surface area (Å²) in [5.41, 5.74) is 10.4. The van der Waals surface area contributed by atoms with Crippen LogP contribution in [0.25, 0.3) is 0 Å². The smallest absolute Gasteiger partial charge is 0.312 e. The Hall–Kier alpha value is -5.90. The largest absolute Gasteiger partial charge is 0.481 e. The lowest BCUT2D eigenvalue weighted by Gasteiger charge is -2.30. The lowest BCUT2D eigenvalue weighted by Crippen LogP contribution is -2.62. The van der Waals surface area contributed by atoms with Crippen LogP contribution in [0.1, 0.15) is 73.6 Å². The van der Waals surface area contributed by atoms with Crippen LogP contribution in [-0.4, -0.2) is 160 Å². The highest BCUT2D eigenvalue weighted by Crippen LogP contribution is 2.12. The molecule has 1 saturated heterocycles. The maximum Gasteiger partial charge on any atom is 0.312 e. The summed E-state index contributed by atoms with van der Waals surface area (Å²) in [6, 6.07) is -15.4. The maximum atomic E-state index is 13.8. The van der Waals surface area contributed by atoms with Gasteiger partial charge in [-0.2, -0.15) is 25.3 Å². The van der Waals surface area contributed by atoms with E-state index in [1.54, 1.807) is 27.7 Å². The molecule has 0 spiro atoms. The van der Waals surface area contributed by atoms with E-state index >= 15 is 0 Å². The number of hydrogen-bond acceptors (Lipinski definition) is 15. The Morgan fingerprint density at radius 2 is 1.00 bits per heavy atom. The average Bonchev–Trinajstić information content (AvgIpc) is 3.23. The van der Waals surface area contributed by atoms with Crippen molar-refractivity contribution in [3.8, 4) is 0 Å². The molecule has 0 aromatic rings. The molecule has 12 amide bonds. The fourth-order valence-electron chi connectivity index (χ4n) is 6.11. The van der Waals surface area contributed by atoms with E-state index in [4.69, 9.17) is 11.5 Å². The van der Waals surface area contributed by atoms with Gasteiger partial charge in [0.25, 0.3) is 0 Å². The molecule has 1 rings (SSSR count). The summed E-state index contributed by atoms with van der Waals surface area (Å²) < 4.78 is 0. The number of urea groups is 1. The Labute approximate surface area is 391 Å². The average molecular weight is 977 g/mol. The minimum atomic E-state index is -2.02. The standard InChI is InChI=1S/C38H64N12O14S2/c1-7-16(4)27-36(62)48-26(15(2)3)35(61)42-17(5)29(55)50-28(18(6)51)37(63)43-19(9-8-10-41-38(40)64)30(56)45-21(12-25(53)54)32(58)44-20(11-24(39)52)31(57)46-22(13-65)33(59)47-23(14-66)34(60)49-27/h15-23,26-28,51,65-66H,7-14H2,1-6H3,(H2,39,52)(H,42,61)(H,43,63)(H,44,58)(H,45,56)(H,46,57)(H,47,59)(H,48,62)(H,49,60)(H,50,55)(H,53,54)(H3,40,41,64)/t16-,17-,18+,19-,20-,21-,22-,23-,26-,27-,28-/m0/s1. The van der Waals surface area contributed by atoms with E-state index in [-0.39, 0.29) is 25.1 Å².